The molecule has 5 heteroatoms. The first kappa shape index (κ1) is 10.9. The standard InChI is InChI=1S/C10H12BrN3S/c1-6-3-8(15-10(6)11)9(12)7-4-13-14(2)5-7/h3-5,9H,12H2,1-2H3. The van der Waals surface area contributed by atoms with Crippen molar-refractivity contribution in [1.82, 2.24) is 9.78 Å². The van der Waals surface area contributed by atoms with Crippen molar-refractivity contribution in [3.63, 3.8) is 0 Å². The predicted molar refractivity (Wildman–Crippen MR) is 66.0 cm³/mol. The van der Waals surface area contributed by atoms with Gasteiger partial charge in [0.2, 0.25) is 0 Å². The lowest BCUT2D eigenvalue weighted by Crippen LogP contribution is -2.09. The summed E-state index contributed by atoms with van der Waals surface area (Å²) in [6, 6.07) is 2.04. The molecule has 2 heterocycles. The summed E-state index contributed by atoms with van der Waals surface area (Å²) in [6.07, 6.45) is 3.77. The summed E-state index contributed by atoms with van der Waals surface area (Å²) in [5, 5.41) is 4.12. The number of aromatic nitrogens is 2. The fourth-order valence-electron chi connectivity index (χ4n) is 1.40. The van der Waals surface area contributed by atoms with E-state index in [0.717, 1.165) is 14.2 Å². The Bertz CT molecular complexity index is 455. The normalized spacial score (nSPS) is 13.1. The van der Waals surface area contributed by atoms with Gasteiger partial charge in [-0.1, -0.05) is 0 Å². The van der Waals surface area contributed by atoms with E-state index in [1.54, 1.807) is 16.0 Å². The molecule has 0 saturated heterocycles. The minimum Gasteiger partial charge on any atom is -0.320 e. The van der Waals surface area contributed by atoms with Crippen LogP contribution < -0.4 is 5.73 Å². The summed E-state index contributed by atoms with van der Waals surface area (Å²) in [7, 11) is 1.89. The van der Waals surface area contributed by atoms with Gasteiger partial charge in [0.15, 0.2) is 0 Å². The maximum absolute atomic E-state index is 6.15. The molecule has 2 N–H and O–H groups in total. The van der Waals surface area contributed by atoms with E-state index in [9.17, 15) is 0 Å². The third-order valence-electron chi connectivity index (χ3n) is 2.27. The number of hydrogen-bond acceptors (Lipinski definition) is 3. The van der Waals surface area contributed by atoms with Crippen LogP contribution in [0, 0.1) is 6.92 Å². The van der Waals surface area contributed by atoms with Gasteiger partial charge in [0.1, 0.15) is 0 Å². The molecule has 0 aliphatic carbocycles. The lowest BCUT2D eigenvalue weighted by Gasteiger charge is -2.05. The summed E-state index contributed by atoms with van der Waals surface area (Å²) in [5.41, 5.74) is 8.43. The van der Waals surface area contributed by atoms with Crippen LogP contribution in [0.3, 0.4) is 0 Å². The molecule has 0 saturated carbocycles. The van der Waals surface area contributed by atoms with Gasteiger partial charge in [-0.15, -0.1) is 11.3 Å². The molecule has 1 atom stereocenters. The monoisotopic (exact) mass is 285 g/mol. The maximum Gasteiger partial charge on any atom is 0.0731 e. The van der Waals surface area contributed by atoms with E-state index in [1.807, 2.05) is 19.4 Å². The first-order chi connectivity index (χ1) is 7.08. The molecule has 0 fully saturated rings. The highest BCUT2D eigenvalue weighted by Gasteiger charge is 2.14. The Labute approximate surface area is 101 Å². The van der Waals surface area contributed by atoms with Gasteiger partial charge in [0, 0.05) is 23.7 Å². The zero-order chi connectivity index (χ0) is 11.0. The van der Waals surface area contributed by atoms with Crippen molar-refractivity contribution in [3.05, 3.63) is 38.3 Å². The lowest BCUT2D eigenvalue weighted by atomic mass is 10.1. The second-order valence-corrected chi connectivity index (χ2v) is 5.93. The number of nitrogens with zero attached hydrogens (tertiary/aromatic N) is 2. The molecule has 2 aromatic heterocycles. The number of hydrogen-bond donors (Lipinski definition) is 1. The molecule has 0 amide bonds. The molecule has 0 aromatic carbocycles. The molecule has 0 spiro atoms. The average molecular weight is 286 g/mol. The Kier molecular flexibility index (Phi) is 2.95. The molecule has 2 rings (SSSR count). The third-order valence-corrected chi connectivity index (χ3v) is 4.49. The van der Waals surface area contributed by atoms with Crippen molar-refractivity contribution < 1.29 is 0 Å². The molecule has 2 aromatic rings. The van der Waals surface area contributed by atoms with E-state index >= 15 is 0 Å². The van der Waals surface area contributed by atoms with Crippen LogP contribution >= 0.6 is 27.3 Å². The van der Waals surface area contributed by atoms with E-state index in [4.69, 9.17) is 5.73 Å². The Hall–Kier alpha value is -0.650. The van der Waals surface area contributed by atoms with E-state index < -0.39 is 0 Å². The van der Waals surface area contributed by atoms with Gasteiger partial charge in [-0.05, 0) is 34.5 Å². The summed E-state index contributed by atoms with van der Waals surface area (Å²) in [5.74, 6) is 0. The van der Waals surface area contributed by atoms with Crippen LogP contribution in [0.25, 0.3) is 0 Å². The summed E-state index contributed by atoms with van der Waals surface area (Å²) < 4.78 is 2.92. The molecule has 0 aliphatic rings. The van der Waals surface area contributed by atoms with Gasteiger partial charge in [-0.25, -0.2) is 0 Å². The minimum absolute atomic E-state index is 0.0753. The molecule has 80 valence electrons. The van der Waals surface area contributed by atoms with Crippen molar-refractivity contribution in [3.8, 4) is 0 Å². The van der Waals surface area contributed by atoms with E-state index in [2.05, 4.69) is 34.0 Å². The van der Waals surface area contributed by atoms with E-state index in [1.165, 1.54) is 5.56 Å². The van der Waals surface area contributed by atoms with Gasteiger partial charge in [-0.3, -0.25) is 4.68 Å². The second-order valence-electron chi connectivity index (χ2n) is 3.53. The first-order valence-electron chi connectivity index (χ1n) is 4.58. The molecule has 3 nitrogen and oxygen atoms in total. The van der Waals surface area contributed by atoms with Crippen molar-refractivity contribution in [2.45, 2.75) is 13.0 Å². The Morgan fingerprint density at radius 2 is 2.33 bits per heavy atom. The molecule has 0 bridgehead atoms. The Morgan fingerprint density at radius 1 is 1.60 bits per heavy atom. The molecule has 0 radical (unpaired) electrons. The van der Waals surface area contributed by atoms with Crippen LogP contribution in [0.2, 0.25) is 0 Å². The maximum atomic E-state index is 6.15. The first-order valence-corrected chi connectivity index (χ1v) is 6.19. The van der Waals surface area contributed by atoms with Gasteiger partial charge in [0.05, 0.1) is 16.0 Å². The predicted octanol–water partition coefficient (Wildman–Crippen LogP) is 2.60. The number of rotatable bonds is 2. The average Bonchev–Trinajstić information content (AvgIpc) is 2.74. The van der Waals surface area contributed by atoms with Crippen LogP contribution in [0.5, 0.6) is 0 Å². The largest absolute Gasteiger partial charge is 0.320 e. The highest BCUT2D eigenvalue weighted by atomic mass is 79.9. The van der Waals surface area contributed by atoms with Crippen LogP contribution in [0.1, 0.15) is 22.0 Å². The van der Waals surface area contributed by atoms with Gasteiger partial charge in [-0.2, -0.15) is 5.10 Å². The summed E-state index contributed by atoms with van der Waals surface area (Å²) in [4.78, 5) is 1.16. The van der Waals surface area contributed by atoms with Gasteiger partial charge in [0.25, 0.3) is 0 Å². The van der Waals surface area contributed by atoms with Crippen LogP contribution in [-0.2, 0) is 7.05 Å². The van der Waals surface area contributed by atoms with Crippen LogP contribution in [-0.4, -0.2) is 9.78 Å². The van der Waals surface area contributed by atoms with Gasteiger partial charge < -0.3 is 5.73 Å². The van der Waals surface area contributed by atoms with E-state index in [0.29, 0.717) is 0 Å². The number of halogens is 1. The third kappa shape index (κ3) is 2.14. The van der Waals surface area contributed by atoms with E-state index in [-0.39, 0.29) is 6.04 Å². The number of aryl methyl sites for hydroxylation is 2. The second kappa shape index (κ2) is 4.08. The Morgan fingerprint density at radius 3 is 2.80 bits per heavy atom. The smallest absolute Gasteiger partial charge is 0.0731 e. The number of thiophene rings is 1. The fraction of sp³-hybridized carbons (Fsp3) is 0.300. The van der Waals surface area contributed by atoms with Crippen molar-refractivity contribution in [2.75, 3.05) is 0 Å². The number of nitrogens with two attached hydrogens (primary N) is 1. The SMILES string of the molecule is Cc1cc(C(N)c2cnn(C)c2)sc1Br. The van der Waals surface area contributed by atoms with Crippen molar-refractivity contribution in [1.29, 1.82) is 0 Å². The highest BCUT2D eigenvalue weighted by molar-refractivity contribution is 9.11. The molecule has 15 heavy (non-hydrogen) atoms. The molecular weight excluding hydrogens is 274 g/mol. The zero-order valence-electron chi connectivity index (χ0n) is 8.57. The van der Waals surface area contributed by atoms with Crippen LogP contribution in [0.4, 0.5) is 0 Å². The summed E-state index contributed by atoms with van der Waals surface area (Å²) in [6.45, 7) is 2.07. The topological polar surface area (TPSA) is 43.8 Å². The quantitative estimate of drug-likeness (QED) is 0.922. The molecule has 0 aliphatic heterocycles. The van der Waals surface area contributed by atoms with Crippen molar-refractivity contribution >= 4 is 27.3 Å². The van der Waals surface area contributed by atoms with Crippen molar-refractivity contribution in [2.24, 2.45) is 12.8 Å². The fourth-order valence-corrected chi connectivity index (χ4v) is 3.00. The van der Waals surface area contributed by atoms with Crippen LogP contribution in [0.15, 0.2) is 22.2 Å². The molecule has 1 unspecified atom stereocenters. The highest BCUT2D eigenvalue weighted by Crippen LogP contribution is 2.32. The zero-order valence-corrected chi connectivity index (χ0v) is 11.0. The minimum atomic E-state index is -0.0753. The lowest BCUT2D eigenvalue weighted by molar-refractivity contribution is 0.765. The van der Waals surface area contributed by atoms with Gasteiger partial charge >= 0.3 is 0 Å². The summed E-state index contributed by atoms with van der Waals surface area (Å²) >= 11 is 5.19. The Balaban J connectivity index is 2.31. The molecular formula is C10H12BrN3S.